The van der Waals surface area contributed by atoms with Crippen molar-refractivity contribution in [3.05, 3.63) is 29.3 Å². The first-order valence-corrected chi connectivity index (χ1v) is 7.80. The Hall–Kier alpha value is -1.02. The van der Waals surface area contributed by atoms with Crippen LogP contribution in [0.4, 0.5) is 5.69 Å². The zero-order valence-electron chi connectivity index (χ0n) is 12.3. The molecule has 2 heterocycles. The second-order valence-electron chi connectivity index (χ2n) is 6.55. The predicted molar refractivity (Wildman–Crippen MR) is 81.5 cm³/mol. The van der Waals surface area contributed by atoms with Crippen molar-refractivity contribution in [3.63, 3.8) is 0 Å². The van der Waals surface area contributed by atoms with Gasteiger partial charge in [-0.05, 0) is 54.8 Å². The van der Waals surface area contributed by atoms with E-state index in [1.165, 1.54) is 49.2 Å². The first-order valence-electron chi connectivity index (χ1n) is 7.80. The van der Waals surface area contributed by atoms with E-state index in [1.807, 2.05) is 0 Å². The van der Waals surface area contributed by atoms with Crippen molar-refractivity contribution in [1.29, 1.82) is 0 Å². The highest BCUT2D eigenvalue weighted by atomic mass is 15.1. The molecule has 1 atom stereocenters. The number of hydrogen-bond acceptors (Lipinski definition) is 2. The minimum absolute atomic E-state index is 0.831. The maximum atomic E-state index is 3.49. The second kappa shape index (κ2) is 5.54. The summed E-state index contributed by atoms with van der Waals surface area (Å²) in [6.07, 6.45) is 3.89. The number of fused-ring (bicyclic) bond motifs is 1. The van der Waals surface area contributed by atoms with E-state index in [4.69, 9.17) is 0 Å². The lowest BCUT2D eigenvalue weighted by atomic mass is 9.95. The second-order valence-corrected chi connectivity index (χ2v) is 6.55. The lowest BCUT2D eigenvalue weighted by Crippen LogP contribution is -2.22. The number of likely N-dealkylation sites (tertiary alicyclic amines) is 1. The average Bonchev–Trinajstić information content (AvgIpc) is 2.87. The molecule has 1 unspecified atom stereocenters. The molecular weight excluding hydrogens is 232 g/mol. The first kappa shape index (κ1) is 13.0. The Balaban J connectivity index is 1.64. The molecule has 2 aliphatic rings. The highest BCUT2D eigenvalue weighted by Gasteiger charge is 2.24. The number of nitrogens with zero attached hydrogens (tertiary/aromatic N) is 1. The Morgan fingerprint density at radius 1 is 1.37 bits per heavy atom. The van der Waals surface area contributed by atoms with Crippen LogP contribution in [-0.4, -0.2) is 24.5 Å². The van der Waals surface area contributed by atoms with Crippen LogP contribution in [0.3, 0.4) is 0 Å². The molecule has 2 aliphatic heterocycles. The number of anilines is 1. The molecule has 3 rings (SSSR count). The van der Waals surface area contributed by atoms with Crippen LogP contribution in [0.25, 0.3) is 0 Å². The summed E-state index contributed by atoms with van der Waals surface area (Å²) in [5.74, 6) is 1.73. The molecule has 1 saturated heterocycles. The summed E-state index contributed by atoms with van der Waals surface area (Å²) in [5.41, 5.74) is 4.37. The molecule has 19 heavy (non-hydrogen) atoms. The van der Waals surface area contributed by atoms with Gasteiger partial charge in [0.25, 0.3) is 0 Å². The Bertz CT molecular complexity index is 439. The van der Waals surface area contributed by atoms with Crippen molar-refractivity contribution in [2.75, 3.05) is 25.0 Å². The Kier molecular flexibility index (Phi) is 3.79. The fraction of sp³-hybridized carbons (Fsp3) is 0.647. The molecule has 1 fully saturated rings. The van der Waals surface area contributed by atoms with Crippen LogP contribution in [0.5, 0.6) is 0 Å². The zero-order valence-corrected chi connectivity index (χ0v) is 12.3. The van der Waals surface area contributed by atoms with Crippen LogP contribution in [0.2, 0.25) is 0 Å². The van der Waals surface area contributed by atoms with Gasteiger partial charge in [-0.15, -0.1) is 0 Å². The minimum Gasteiger partial charge on any atom is -0.385 e. The largest absolute Gasteiger partial charge is 0.385 e. The van der Waals surface area contributed by atoms with Gasteiger partial charge in [0.05, 0.1) is 0 Å². The molecule has 2 nitrogen and oxygen atoms in total. The van der Waals surface area contributed by atoms with E-state index in [2.05, 4.69) is 42.3 Å². The molecule has 0 aromatic heterocycles. The number of rotatable bonds is 3. The number of aryl methyl sites for hydroxylation is 1. The first-order chi connectivity index (χ1) is 9.22. The van der Waals surface area contributed by atoms with E-state index < -0.39 is 0 Å². The van der Waals surface area contributed by atoms with E-state index in [-0.39, 0.29) is 0 Å². The fourth-order valence-electron chi connectivity index (χ4n) is 3.44. The fourth-order valence-corrected chi connectivity index (χ4v) is 3.44. The van der Waals surface area contributed by atoms with Gasteiger partial charge in [-0.3, -0.25) is 4.90 Å². The molecule has 2 heteroatoms. The van der Waals surface area contributed by atoms with Crippen LogP contribution >= 0.6 is 0 Å². The van der Waals surface area contributed by atoms with E-state index >= 15 is 0 Å². The molecule has 0 bridgehead atoms. The third-order valence-electron chi connectivity index (χ3n) is 4.77. The van der Waals surface area contributed by atoms with Crippen molar-refractivity contribution in [1.82, 2.24) is 4.90 Å². The van der Waals surface area contributed by atoms with Crippen LogP contribution in [-0.2, 0) is 13.0 Å². The van der Waals surface area contributed by atoms with Crippen LogP contribution < -0.4 is 5.32 Å². The Morgan fingerprint density at radius 2 is 2.26 bits per heavy atom. The summed E-state index contributed by atoms with van der Waals surface area (Å²) in [6.45, 7) is 9.55. The summed E-state index contributed by atoms with van der Waals surface area (Å²) >= 11 is 0. The van der Waals surface area contributed by atoms with Crippen LogP contribution in [0.1, 0.15) is 37.8 Å². The average molecular weight is 258 g/mol. The molecule has 0 spiro atoms. The molecule has 1 N–H and O–H groups in total. The van der Waals surface area contributed by atoms with Gasteiger partial charge in [-0.2, -0.15) is 0 Å². The quantitative estimate of drug-likeness (QED) is 0.892. The van der Waals surface area contributed by atoms with Crippen molar-refractivity contribution in [2.45, 2.75) is 39.7 Å². The topological polar surface area (TPSA) is 15.3 Å². The molecular formula is C17H26N2. The summed E-state index contributed by atoms with van der Waals surface area (Å²) in [5, 5.41) is 3.49. The summed E-state index contributed by atoms with van der Waals surface area (Å²) in [6, 6.07) is 7.00. The van der Waals surface area contributed by atoms with E-state index in [9.17, 15) is 0 Å². The van der Waals surface area contributed by atoms with Gasteiger partial charge >= 0.3 is 0 Å². The third kappa shape index (κ3) is 2.94. The molecule has 1 aromatic rings. The van der Waals surface area contributed by atoms with Crippen molar-refractivity contribution >= 4 is 5.69 Å². The van der Waals surface area contributed by atoms with Gasteiger partial charge in [-0.1, -0.05) is 26.0 Å². The third-order valence-corrected chi connectivity index (χ3v) is 4.77. The van der Waals surface area contributed by atoms with Crippen LogP contribution in [0, 0.1) is 11.8 Å². The highest BCUT2D eigenvalue weighted by Crippen LogP contribution is 2.27. The van der Waals surface area contributed by atoms with Crippen molar-refractivity contribution in [3.8, 4) is 0 Å². The number of benzene rings is 1. The Morgan fingerprint density at radius 3 is 3.05 bits per heavy atom. The van der Waals surface area contributed by atoms with E-state index in [1.54, 1.807) is 0 Å². The van der Waals surface area contributed by atoms with Crippen molar-refractivity contribution in [2.24, 2.45) is 11.8 Å². The van der Waals surface area contributed by atoms with Gasteiger partial charge in [-0.25, -0.2) is 0 Å². The maximum Gasteiger partial charge on any atom is 0.0372 e. The lowest BCUT2D eigenvalue weighted by molar-refractivity contribution is 0.297. The zero-order chi connectivity index (χ0) is 13.2. The summed E-state index contributed by atoms with van der Waals surface area (Å²) in [7, 11) is 0. The number of nitrogens with one attached hydrogen (secondary N) is 1. The van der Waals surface area contributed by atoms with E-state index in [0.717, 1.165) is 24.9 Å². The normalized spacial score (nSPS) is 23.4. The maximum absolute atomic E-state index is 3.49. The molecule has 0 aliphatic carbocycles. The Labute approximate surface area is 117 Å². The lowest BCUT2D eigenvalue weighted by Gasteiger charge is -2.21. The minimum atomic E-state index is 0.831. The van der Waals surface area contributed by atoms with Gasteiger partial charge < -0.3 is 5.32 Å². The standard InChI is InChI=1S/C17H26N2/c1-13(2)16-7-9-19(12-16)11-14-5-6-17-15(10-14)4-3-8-18-17/h5-6,10,13,16,18H,3-4,7-9,11-12H2,1-2H3. The molecule has 0 amide bonds. The number of hydrogen-bond donors (Lipinski definition) is 1. The van der Waals surface area contributed by atoms with Gasteiger partial charge in [0, 0.05) is 25.3 Å². The molecule has 0 radical (unpaired) electrons. The highest BCUT2D eigenvalue weighted by molar-refractivity contribution is 5.54. The smallest absolute Gasteiger partial charge is 0.0372 e. The van der Waals surface area contributed by atoms with Crippen LogP contribution in [0.15, 0.2) is 18.2 Å². The van der Waals surface area contributed by atoms with Gasteiger partial charge in [0.1, 0.15) is 0 Å². The molecule has 0 saturated carbocycles. The molecule has 104 valence electrons. The summed E-state index contributed by atoms with van der Waals surface area (Å²) in [4.78, 5) is 2.63. The van der Waals surface area contributed by atoms with E-state index in [0.29, 0.717) is 0 Å². The van der Waals surface area contributed by atoms with Crippen molar-refractivity contribution < 1.29 is 0 Å². The summed E-state index contributed by atoms with van der Waals surface area (Å²) < 4.78 is 0. The monoisotopic (exact) mass is 258 g/mol. The SMILES string of the molecule is CC(C)C1CCN(Cc2ccc3c(c2)CCCN3)C1. The van der Waals surface area contributed by atoms with Gasteiger partial charge in [0.15, 0.2) is 0 Å². The predicted octanol–water partition coefficient (Wildman–Crippen LogP) is 3.52. The van der Waals surface area contributed by atoms with Gasteiger partial charge in [0.2, 0.25) is 0 Å². The molecule has 1 aromatic carbocycles.